The summed E-state index contributed by atoms with van der Waals surface area (Å²) in [4.78, 5) is 19.3. The van der Waals surface area contributed by atoms with Crippen LogP contribution in [0.1, 0.15) is 16.7 Å². The zero-order valence-electron chi connectivity index (χ0n) is 11.3. The number of rotatable bonds is 3. The Morgan fingerprint density at radius 1 is 1.10 bits per heavy atom. The van der Waals surface area contributed by atoms with Gasteiger partial charge in [-0.15, -0.1) is 0 Å². The Balaban J connectivity index is 2.01. The molecule has 1 aliphatic heterocycles. The Labute approximate surface area is 116 Å². The predicted octanol–water partition coefficient (Wildman–Crippen LogP) is 2.30. The van der Waals surface area contributed by atoms with Crippen LogP contribution >= 0.6 is 0 Å². The summed E-state index contributed by atoms with van der Waals surface area (Å²) in [6.45, 7) is 5.91. The van der Waals surface area contributed by atoms with Crippen molar-refractivity contribution in [3.8, 4) is 0 Å². The Hall–Kier alpha value is -2.49. The van der Waals surface area contributed by atoms with Crippen molar-refractivity contribution in [2.24, 2.45) is 9.98 Å². The summed E-state index contributed by atoms with van der Waals surface area (Å²) in [6.07, 6.45) is 0. The maximum atomic E-state index is 11.4. The average molecular weight is 264 g/mol. The van der Waals surface area contributed by atoms with Crippen LogP contribution in [0.25, 0.3) is 0 Å². The fourth-order valence-corrected chi connectivity index (χ4v) is 2.19. The highest BCUT2D eigenvalue weighted by Crippen LogP contribution is 2.15. The smallest absolute Gasteiger partial charge is 0.368 e. The standard InChI is InChI=1S/C16H14N3O/c1-10-8-13-15(19-16(20)18-13)14(11(10)2)17-9-12-6-4-3-5-7-12/h3-9,17H,1-2H3. The third-order valence-corrected chi connectivity index (χ3v) is 3.41. The maximum Gasteiger partial charge on any atom is 0.368 e. The molecule has 0 bridgehead atoms. The first kappa shape index (κ1) is 12.5. The van der Waals surface area contributed by atoms with Crippen molar-refractivity contribution in [2.75, 3.05) is 5.32 Å². The molecule has 0 spiro atoms. The van der Waals surface area contributed by atoms with Gasteiger partial charge in [0.2, 0.25) is 0 Å². The monoisotopic (exact) mass is 264 g/mol. The number of carbonyl (C=O) groups excluding carboxylic acids is 1. The lowest BCUT2D eigenvalue weighted by molar-refractivity contribution is 0.256. The van der Waals surface area contributed by atoms with E-state index in [9.17, 15) is 4.79 Å². The number of amides is 2. The molecule has 0 aliphatic carbocycles. The molecule has 0 atom stereocenters. The number of benzene rings is 2. The van der Waals surface area contributed by atoms with E-state index in [-0.39, 0.29) is 0 Å². The van der Waals surface area contributed by atoms with Gasteiger partial charge in [-0.2, -0.15) is 9.98 Å². The lowest BCUT2D eigenvalue weighted by atomic mass is 10.1. The van der Waals surface area contributed by atoms with Gasteiger partial charge in [0.25, 0.3) is 0 Å². The minimum atomic E-state index is -0.437. The molecule has 2 amide bonds. The topological polar surface area (TPSA) is 53.8 Å². The molecule has 3 rings (SSSR count). The van der Waals surface area contributed by atoms with Gasteiger partial charge in [-0.05, 0) is 36.6 Å². The molecule has 20 heavy (non-hydrogen) atoms. The molecule has 4 nitrogen and oxygen atoms in total. The summed E-state index contributed by atoms with van der Waals surface area (Å²) in [5.41, 5.74) is 4.06. The van der Waals surface area contributed by atoms with Gasteiger partial charge in [-0.1, -0.05) is 30.3 Å². The predicted molar refractivity (Wildman–Crippen MR) is 77.1 cm³/mol. The van der Waals surface area contributed by atoms with E-state index in [1.807, 2.05) is 56.8 Å². The number of fused-ring (bicyclic) bond motifs is 1. The van der Waals surface area contributed by atoms with E-state index in [1.165, 1.54) is 0 Å². The van der Waals surface area contributed by atoms with Gasteiger partial charge >= 0.3 is 6.03 Å². The number of hydrogen-bond donors (Lipinski definition) is 1. The lowest BCUT2D eigenvalue weighted by Crippen LogP contribution is -2.27. The summed E-state index contributed by atoms with van der Waals surface area (Å²) in [7, 11) is 0. The summed E-state index contributed by atoms with van der Waals surface area (Å²) >= 11 is 0. The molecule has 0 aromatic heterocycles. The van der Waals surface area contributed by atoms with Crippen LogP contribution in [0, 0.1) is 20.4 Å². The number of nitrogens with one attached hydrogen (secondary N) is 1. The molecule has 1 heterocycles. The third-order valence-electron chi connectivity index (χ3n) is 3.41. The first-order valence-electron chi connectivity index (χ1n) is 6.41. The Morgan fingerprint density at radius 2 is 1.85 bits per heavy atom. The van der Waals surface area contributed by atoms with Gasteiger partial charge in [-0.25, -0.2) is 4.79 Å². The van der Waals surface area contributed by atoms with Gasteiger partial charge in [0, 0.05) is 0 Å². The van der Waals surface area contributed by atoms with E-state index in [0.717, 1.165) is 22.4 Å². The van der Waals surface area contributed by atoms with Gasteiger partial charge in [0.1, 0.15) is 5.36 Å². The highest BCUT2D eigenvalue weighted by atomic mass is 16.2. The molecule has 1 N–H and O–H groups in total. The van der Waals surface area contributed by atoms with E-state index in [0.29, 0.717) is 10.7 Å². The van der Waals surface area contributed by atoms with E-state index < -0.39 is 6.03 Å². The van der Waals surface area contributed by atoms with Crippen molar-refractivity contribution in [1.29, 1.82) is 0 Å². The highest BCUT2D eigenvalue weighted by molar-refractivity contribution is 5.79. The van der Waals surface area contributed by atoms with Crippen molar-refractivity contribution in [2.45, 2.75) is 13.8 Å². The highest BCUT2D eigenvalue weighted by Gasteiger charge is 2.13. The average Bonchev–Trinajstić information content (AvgIpc) is 2.80. The molecule has 4 heteroatoms. The van der Waals surface area contributed by atoms with Gasteiger partial charge in [-0.3, -0.25) is 0 Å². The van der Waals surface area contributed by atoms with Crippen LogP contribution in [-0.2, 0) is 0 Å². The number of carbonyl (C=O) groups is 1. The second-order valence-electron chi connectivity index (χ2n) is 4.77. The zero-order chi connectivity index (χ0) is 14.1. The van der Waals surface area contributed by atoms with Crippen LogP contribution < -0.4 is 16.0 Å². The summed E-state index contributed by atoms with van der Waals surface area (Å²) < 4.78 is 0. The Bertz CT molecular complexity index is 795. The van der Waals surface area contributed by atoms with E-state index in [2.05, 4.69) is 15.3 Å². The van der Waals surface area contributed by atoms with Crippen LogP contribution in [-0.4, -0.2) is 6.03 Å². The van der Waals surface area contributed by atoms with Crippen molar-refractivity contribution in [1.82, 2.24) is 0 Å². The Kier molecular flexibility index (Phi) is 3.06. The normalized spacial score (nSPS) is 12.6. The lowest BCUT2D eigenvalue weighted by Gasteiger charge is -2.11. The van der Waals surface area contributed by atoms with E-state index in [4.69, 9.17) is 0 Å². The van der Waals surface area contributed by atoms with Crippen LogP contribution in [0.5, 0.6) is 0 Å². The van der Waals surface area contributed by atoms with Gasteiger partial charge in [0.15, 0.2) is 0 Å². The van der Waals surface area contributed by atoms with Crippen LogP contribution in [0.15, 0.2) is 46.4 Å². The van der Waals surface area contributed by atoms with Crippen LogP contribution in [0.2, 0.25) is 0 Å². The minimum Gasteiger partial charge on any atom is -0.374 e. The fraction of sp³-hybridized carbons (Fsp3) is 0.125. The van der Waals surface area contributed by atoms with Crippen molar-refractivity contribution >= 4 is 11.7 Å². The minimum absolute atomic E-state index is 0.437. The number of anilines is 1. The third kappa shape index (κ3) is 2.20. The molecule has 0 fully saturated rings. The molecular weight excluding hydrogens is 250 g/mol. The molecule has 2 aromatic carbocycles. The summed E-state index contributed by atoms with van der Waals surface area (Å²) in [5.74, 6) is 0. The van der Waals surface area contributed by atoms with E-state index >= 15 is 0 Å². The summed E-state index contributed by atoms with van der Waals surface area (Å²) in [5, 5.41) is 4.53. The van der Waals surface area contributed by atoms with Crippen molar-refractivity contribution < 1.29 is 4.79 Å². The fourth-order valence-electron chi connectivity index (χ4n) is 2.19. The van der Waals surface area contributed by atoms with Crippen LogP contribution in [0.3, 0.4) is 0 Å². The second kappa shape index (κ2) is 4.89. The zero-order valence-corrected chi connectivity index (χ0v) is 11.3. The Morgan fingerprint density at radius 3 is 2.60 bits per heavy atom. The molecule has 0 saturated carbocycles. The second-order valence-corrected chi connectivity index (χ2v) is 4.77. The number of hydrogen-bond acceptors (Lipinski definition) is 2. The molecule has 0 unspecified atom stereocenters. The molecule has 1 aliphatic rings. The SMILES string of the molecule is Cc1cc2c(c(N[CH]c3ccccc3)c1C)=NC(=O)N=2. The van der Waals surface area contributed by atoms with Gasteiger partial charge < -0.3 is 5.32 Å². The molecule has 1 radical (unpaired) electrons. The first-order valence-corrected chi connectivity index (χ1v) is 6.41. The van der Waals surface area contributed by atoms with Crippen LogP contribution in [0.4, 0.5) is 10.5 Å². The quantitative estimate of drug-likeness (QED) is 0.924. The van der Waals surface area contributed by atoms with Crippen molar-refractivity contribution in [3.05, 3.63) is 70.3 Å². The molecule has 0 saturated heterocycles. The molecular formula is C16H14N3O. The number of urea groups is 1. The number of nitrogens with zero attached hydrogens (tertiary/aromatic N) is 2. The molecule has 2 aromatic rings. The molecule has 99 valence electrons. The van der Waals surface area contributed by atoms with Crippen molar-refractivity contribution in [3.63, 3.8) is 0 Å². The van der Waals surface area contributed by atoms with Gasteiger partial charge in [0.05, 0.1) is 17.6 Å². The first-order chi connectivity index (χ1) is 9.65. The maximum absolute atomic E-state index is 11.4. The number of aryl methyl sites for hydroxylation is 1. The van der Waals surface area contributed by atoms with E-state index in [1.54, 1.807) is 0 Å². The largest absolute Gasteiger partial charge is 0.374 e. The summed E-state index contributed by atoms with van der Waals surface area (Å²) in [6, 6.07) is 11.4.